The number of ether oxygens (including phenoxy) is 1. The van der Waals surface area contributed by atoms with Crippen LogP contribution < -0.4 is 5.32 Å². The van der Waals surface area contributed by atoms with Crippen LogP contribution in [-0.4, -0.2) is 30.8 Å². The summed E-state index contributed by atoms with van der Waals surface area (Å²) in [6.45, 7) is 1.24. The first-order chi connectivity index (χ1) is 10.0. The number of carbonyl (C=O) groups excluding carboxylic acids is 3. The minimum absolute atomic E-state index is 0.345. The van der Waals surface area contributed by atoms with Crippen molar-refractivity contribution >= 4 is 28.4 Å². The Labute approximate surface area is 121 Å². The molecule has 0 aliphatic heterocycles. The molecular weight excluding hydrogens is 270 g/mol. The fourth-order valence-electron chi connectivity index (χ4n) is 2.06. The second kappa shape index (κ2) is 6.17. The van der Waals surface area contributed by atoms with Crippen LogP contribution in [0.4, 0.5) is 0 Å². The van der Waals surface area contributed by atoms with E-state index in [2.05, 4.69) is 10.1 Å². The van der Waals surface area contributed by atoms with E-state index in [1.165, 1.54) is 14.0 Å². The van der Waals surface area contributed by atoms with Gasteiger partial charge in [-0.2, -0.15) is 0 Å². The molecule has 0 bridgehead atoms. The zero-order chi connectivity index (χ0) is 15.4. The number of nitrogens with one attached hydrogen (secondary N) is 1. The molecule has 1 N–H and O–H groups in total. The van der Waals surface area contributed by atoms with Gasteiger partial charge in [0.15, 0.2) is 11.8 Å². The molecule has 0 radical (unpaired) electrons. The maximum absolute atomic E-state index is 12.4. The molecule has 0 heterocycles. The highest BCUT2D eigenvalue weighted by molar-refractivity contribution is 6.14. The molecule has 0 saturated heterocycles. The largest absolute Gasteiger partial charge is 0.467 e. The second-order valence-electron chi connectivity index (χ2n) is 4.58. The van der Waals surface area contributed by atoms with Crippen molar-refractivity contribution in [2.24, 2.45) is 0 Å². The van der Waals surface area contributed by atoms with E-state index >= 15 is 0 Å². The number of amides is 1. The van der Waals surface area contributed by atoms with Crippen molar-refractivity contribution in [3.63, 3.8) is 0 Å². The van der Waals surface area contributed by atoms with Crippen LogP contribution >= 0.6 is 0 Å². The first-order valence-corrected chi connectivity index (χ1v) is 6.41. The molecule has 1 amide bonds. The molecule has 0 fully saturated rings. The van der Waals surface area contributed by atoms with Crippen LogP contribution in [0.2, 0.25) is 0 Å². The first kappa shape index (κ1) is 14.7. The summed E-state index contributed by atoms with van der Waals surface area (Å²) >= 11 is 0. The lowest BCUT2D eigenvalue weighted by atomic mass is 10.0. The van der Waals surface area contributed by atoms with Gasteiger partial charge in [-0.05, 0) is 16.8 Å². The quantitative estimate of drug-likeness (QED) is 0.527. The van der Waals surface area contributed by atoms with Crippen molar-refractivity contribution in [1.29, 1.82) is 0 Å². The number of hydrogen-bond acceptors (Lipinski definition) is 4. The van der Waals surface area contributed by atoms with Gasteiger partial charge >= 0.3 is 5.97 Å². The fourth-order valence-corrected chi connectivity index (χ4v) is 2.06. The van der Waals surface area contributed by atoms with Gasteiger partial charge in [-0.15, -0.1) is 0 Å². The molecular formula is C16H15NO4. The van der Waals surface area contributed by atoms with Gasteiger partial charge in [0.05, 0.1) is 7.11 Å². The number of methoxy groups -OCH3 is 1. The zero-order valence-corrected chi connectivity index (χ0v) is 11.8. The number of hydrogen-bond donors (Lipinski definition) is 1. The third kappa shape index (κ3) is 3.25. The molecule has 2 rings (SSSR count). The molecule has 5 heteroatoms. The van der Waals surface area contributed by atoms with Gasteiger partial charge in [0, 0.05) is 12.5 Å². The number of rotatable bonds is 4. The Balaban J connectivity index is 2.37. The van der Waals surface area contributed by atoms with Crippen LogP contribution in [0, 0.1) is 0 Å². The lowest BCUT2D eigenvalue weighted by Crippen LogP contribution is -2.46. The maximum Gasteiger partial charge on any atom is 0.336 e. The van der Waals surface area contributed by atoms with Crippen molar-refractivity contribution in [1.82, 2.24) is 5.32 Å². The van der Waals surface area contributed by atoms with Crippen molar-refractivity contribution in [2.75, 3.05) is 7.11 Å². The number of carbonyl (C=O) groups is 3. The Bertz CT molecular complexity index is 708. The number of fused-ring (bicyclic) bond motifs is 1. The number of Topliss-reactive ketones (excluding diaryl/α,β-unsaturated/α-hetero) is 1. The highest BCUT2D eigenvalue weighted by atomic mass is 16.5. The maximum atomic E-state index is 12.4. The molecule has 21 heavy (non-hydrogen) atoms. The first-order valence-electron chi connectivity index (χ1n) is 6.41. The highest BCUT2D eigenvalue weighted by Crippen LogP contribution is 2.17. The van der Waals surface area contributed by atoms with E-state index in [4.69, 9.17) is 0 Å². The van der Waals surface area contributed by atoms with Gasteiger partial charge < -0.3 is 10.1 Å². The van der Waals surface area contributed by atoms with Gasteiger partial charge in [-0.3, -0.25) is 9.59 Å². The summed E-state index contributed by atoms with van der Waals surface area (Å²) in [5.74, 6) is -1.76. The standard InChI is InChI=1S/C16H15NO4/c1-10(18)17-14(16(20)21-2)15(19)13-8-7-11-5-3-4-6-12(11)9-13/h3-9,14H,1-2H3,(H,17,18). The number of esters is 1. The third-order valence-electron chi connectivity index (χ3n) is 3.08. The highest BCUT2D eigenvalue weighted by Gasteiger charge is 2.29. The second-order valence-corrected chi connectivity index (χ2v) is 4.58. The van der Waals surface area contributed by atoms with Crippen LogP contribution in [0.5, 0.6) is 0 Å². The predicted octanol–water partition coefficient (Wildman–Crippen LogP) is 1.70. The molecule has 0 saturated carbocycles. The molecule has 0 aromatic heterocycles. The van der Waals surface area contributed by atoms with Gasteiger partial charge in [0.1, 0.15) is 0 Å². The van der Waals surface area contributed by atoms with Crippen LogP contribution in [0.1, 0.15) is 17.3 Å². The minimum Gasteiger partial charge on any atom is -0.467 e. The van der Waals surface area contributed by atoms with E-state index in [0.29, 0.717) is 5.56 Å². The Hall–Kier alpha value is -2.69. The van der Waals surface area contributed by atoms with Crippen LogP contribution in [0.15, 0.2) is 42.5 Å². The average molecular weight is 285 g/mol. The Kier molecular flexibility index (Phi) is 4.33. The van der Waals surface area contributed by atoms with E-state index in [0.717, 1.165) is 10.8 Å². The fraction of sp³-hybridized carbons (Fsp3) is 0.188. The van der Waals surface area contributed by atoms with Gasteiger partial charge in [-0.1, -0.05) is 36.4 Å². The van der Waals surface area contributed by atoms with Gasteiger partial charge in [0.25, 0.3) is 0 Å². The predicted molar refractivity (Wildman–Crippen MR) is 77.9 cm³/mol. The number of benzene rings is 2. The van der Waals surface area contributed by atoms with E-state index in [1.54, 1.807) is 18.2 Å². The molecule has 0 aliphatic rings. The molecule has 108 valence electrons. The lowest BCUT2D eigenvalue weighted by Gasteiger charge is -2.14. The smallest absolute Gasteiger partial charge is 0.336 e. The molecule has 0 aliphatic carbocycles. The summed E-state index contributed by atoms with van der Waals surface area (Å²) in [6, 6.07) is 11.4. The monoisotopic (exact) mass is 285 g/mol. The topological polar surface area (TPSA) is 72.5 Å². The van der Waals surface area contributed by atoms with Crippen molar-refractivity contribution in [2.45, 2.75) is 13.0 Å². The summed E-state index contributed by atoms with van der Waals surface area (Å²) in [6.07, 6.45) is 0. The Morgan fingerprint density at radius 3 is 2.33 bits per heavy atom. The zero-order valence-electron chi connectivity index (χ0n) is 11.8. The summed E-state index contributed by atoms with van der Waals surface area (Å²) < 4.78 is 4.57. The summed E-state index contributed by atoms with van der Waals surface area (Å²) in [5, 5.41) is 4.19. The number of ketones is 1. The van der Waals surface area contributed by atoms with Crippen LogP contribution in [0.3, 0.4) is 0 Å². The van der Waals surface area contributed by atoms with E-state index in [-0.39, 0.29) is 0 Å². The Morgan fingerprint density at radius 1 is 1.05 bits per heavy atom. The summed E-state index contributed by atoms with van der Waals surface area (Å²) in [7, 11) is 1.17. The molecule has 5 nitrogen and oxygen atoms in total. The van der Waals surface area contributed by atoms with Crippen molar-refractivity contribution in [3.05, 3.63) is 48.0 Å². The van der Waals surface area contributed by atoms with E-state index in [1.807, 2.05) is 24.3 Å². The molecule has 0 spiro atoms. The third-order valence-corrected chi connectivity index (χ3v) is 3.08. The van der Waals surface area contributed by atoms with Gasteiger partial charge in [-0.25, -0.2) is 4.79 Å². The van der Waals surface area contributed by atoms with Gasteiger partial charge in [0.2, 0.25) is 5.91 Å². The van der Waals surface area contributed by atoms with Crippen molar-refractivity contribution in [3.8, 4) is 0 Å². The molecule has 2 aromatic rings. The minimum atomic E-state index is -1.33. The SMILES string of the molecule is COC(=O)C(NC(C)=O)C(=O)c1ccc2ccccc2c1. The normalized spacial score (nSPS) is 11.7. The summed E-state index contributed by atoms with van der Waals surface area (Å²) in [5.41, 5.74) is 0.345. The van der Waals surface area contributed by atoms with Crippen LogP contribution in [0.25, 0.3) is 10.8 Å². The lowest BCUT2D eigenvalue weighted by molar-refractivity contribution is -0.143. The Morgan fingerprint density at radius 2 is 1.71 bits per heavy atom. The van der Waals surface area contributed by atoms with E-state index < -0.39 is 23.7 Å². The molecule has 1 unspecified atom stereocenters. The average Bonchev–Trinajstić information content (AvgIpc) is 2.50. The van der Waals surface area contributed by atoms with Crippen LogP contribution in [-0.2, 0) is 14.3 Å². The van der Waals surface area contributed by atoms with E-state index in [9.17, 15) is 14.4 Å². The molecule has 1 atom stereocenters. The summed E-state index contributed by atoms with van der Waals surface area (Å²) in [4.78, 5) is 35.2. The molecule has 2 aromatic carbocycles. The van der Waals surface area contributed by atoms with Crippen molar-refractivity contribution < 1.29 is 19.1 Å².